The lowest BCUT2D eigenvalue weighted by Crippen LogP contribution is -2.34. The molecule has 0 unspecified atom stereocenters. The summed E-state index contributed by atoms with van der Waals surface area (Å²) < 4.78 is 5.40. The monoisotopic (exact) mass is 289 g/mol. The van der Waals surface area contributed by atoms with Gasteiger partial charge in [-0.1, -0.05) is 63.1 Å². The van der Waals surface area contributed by atoms with Crippen molar-refractivity contribution in [3.8, 4) is 0 Å². The van der Waals surface area contributed by atoms with Crippen molar-refractivity contribution in [1.29, 1.82) is 0 Å². The highest BCUT2D eigenvalue weighted by Gasteiger charge is 2.10. The molecule has 0 spiro atoms. The first-order valence-corrected chi connectivity index (χ1v) is 8.28. The van der Waals surface area contributed by atoms with Crippen LogP contribution in [0.4, 0.5) is 0 Å². The summed E-state index contributed by atoms with van der Waals surface area (Å²) in [6.45, 7) is 5.21. The summed E-state index contributed by atoms with van der Waals surface area (Å²) in [5.74, 6) is 0. The van der Waals surface area contributed by atoms with Gasteiger partial charge in [-0.05, 0) is 31.2 Å². The summed E-state index contributed by atoms with van der Waals surface area (Å²) in [6.07, 6.45) is 9.34. The Morgan fingerprint density at radius 2 is 1.95 bits per heavy atom. The predicted molar refractivity (Wildman–Crippen MR) is 91.5 cm³/mol. The number of ether oxygens (including phenoxy) is 1. The van der Waals surface area contributed by atoms with Crippen LogP contribution in [0.2, 0.25) is 0 Å². The van der Waals surface area contributed by atoms with Crippen LogP contribution in [0.5, 0.6) is 0 Å². The quantitative estimate of drug-likeness (QED) is 0.637. The zero-order chi connectivity index (χ0) is 15.3. The van der Waals surface area contributed by atoms with Gasteiger partial charge < -0.3 is 10.1 Å². The third kappa shape index (κ3) is 7.91. The SMILES string of the molecule is CCC/C=C(\CCCC)N[C@@H](COC)Cc1ccccc1. The lowest BCUT2D eigenvalue weighted by atomic mass is 10.0. The van der Waals surface area contributed by atoms with E-state index in [1.165, 1.54) is 30.5 Å². The van der Waals surface area contributed by atoms with Crippen molar-refractivity contribution in [3.63, 3.8) is 0 Å². The summed E-state index contributed by atoms with van der Waals surface area (Å²) in [5.41, 5.74) is 2.74. The summed E-state index contributed by atoms with van der Waals surface area (Å²) in [4.78, 5) is 0. The average molecular weight is 289 g/mol. The molecule has 0 aromatic heterocycles. The number of rotatable bonds is 11. The minimum Gasteiger partial charge on any atom is -0.383 e. The van der Waals surface area contributed by atoms with Crippen molar-refractivity contribution >= 4 is 0 Å². The van der Waals surface area contributed by atoms with Crippen molar-refractivity contribution in [1.82, 2.24) is 5.32 Å². The topological polar surface area (TPSA) is 21.3 Å². The van der Waals surface area contributed by atoms with E-state index >= 15 is 0 Å². The van der Waals surface area contributed by atoms with Gasteiger partial charge in [0.25, 0.3) is 0 Å². The van der Waals surface area contributed by atoms with Crippen LogP contribution in [0.3, 0.4) is 0 Å². The Morgan fingerprint density at radius 3 is 2.57 bits per heavy atom. The van der Waals surface area contributed by atoms with Gasteiger partial charge in [-0.3, -0.25) is 0 Å². The highest BCUT2D eigenvalue weighted by molar-refractivity contribution is 5.16. The number of hydrogen-bond donors (Lipinski definition) is 1. The molecule has 2 nitrogen and oxygen atoms in total. The van der Waals surface area contributed by atoms with Gasteiger partial charge in [-0.15, -0.1) is 0 Å². The Hall–Kier alpha value is -1.28. The largest absolute Gasteiger partial charge is 0.383 e. The van der Waals surface area contributed by atoms with Gasteiger partial charge in [0, 0.05) is 12.8 Å². The van der Waals surface area contributed by atoms with E-state index < -0.39 is 0 Å². The first-order chi connectivity index (χ1) is 10.3. The molecule has 0 saturated heterocycles. The molecule has 0 amide bonds. The molecule has 1 aromatic carbocycles. The van der Waals surface area contributed by atoms with Crippen molar-refractivity contribution in [2.75, 3.05) is 13.7 Å². The molecule has 0 aliphatic carbocycles. The smallest absolute Gasteiger partial charge is 0.0667 e. The second-order valence-corrected chi connectivity index (χ2v) is 5.61. The van der Waals surface area contributed by atoms with E-state index in [4.69, 9.17) is 4.74 Å². The standard InChI is InChI=1S/C19H31NO/c1-4-6-13-18(14-7-5-2)20-19(16-21-3)15-17-11-9-8-10-12-17/h8-13,19-20H,4-7,14-16H2,1-3H3/b18-13+/t19-/m1/s1. The van der Waals surface area contributed by atoms with Crippen LogP contribution in [0.25, 0.3) is 0 Å². The average Bonchev–Trinajstić information content (AvgIpc) is 2.51. The van der Waals surface area contributed by atoms with E-state index in [0.717, 1.165) is 25.9 Å². The number of methoxy groups -OCH3 is 1. The Bertz CT molecular complexity index is 386. The molecule has 2 heteroatoms. The Labute approximate surface area is 130 Å². The normalized spacial score (nSPS) is 13.2. The van der Waals surface area contributed by atoms with Crippen LogP contribution in [-0.2, 0) is 11.2 Å². The van der Waals surface area contributed by atoms with Crippen molar-refractivity contribution in [2.24, 2.45) is 0 Å². The lowest BCUT2D eigenvalue weighted by Gasteiger charge is -2.22. The maximum absolute atomic E-state index is 5.40. The molecule has 118 valence electrons. The zero-order valence-corrected chi connectivity index (χ0v) is 13.9. The highest BCUT2D eigenvalue weighted by Crippen LogP contribution is 2.10. The highest BCUT2D eigenvalue weighted by atomic mass is 16.5. The van der Waals surface area contributed by atoms with Crippen LogP contribution in [0.1, 0.15) is 51.5 Å². The molecule has 1 atom stereocenters. The van der Waals surface area contributed by atoms with Crippen LogP contribution in [-0.4, -0.2) is 19.8 Å². The molecular formula is C19H31NO. The van der Waals surface area contributed by atoms with Gasteiger partial charge >= 0.3 is 0 Å². The number of benzene rings is 1. The molecule has 1 N–H and O–H groups in total. The molecular weight excluding hydrogens is 258 g/mol. The molecule has 0 fully saturated rings. The van der Waals surface area contributed by atoms with E-state index in [-0.39, 0.29) is 0 Å². The maximum Gasteiger partial charge on any atom is 0.0667 e. The fourth-order valence-corrected chi connectivity index (χ4v) is 2.43. The minimum absolute atomic E-state index is 0.345. The molecule has 0 bridgehead atoms. The molecule has 0 saturated carbocycles. The summed E-state index contributed by atoms with van der Waals surface area (Å²) in [5, 5.41) is 3.71. The van der Waals surface area contributed by atoms with Crippen LogP contribution < -0.4 is 5.32 Å². The van der Waals surface area contributed by atoms with E-state index in [2.05, 4.69) is 55.6 Å². The molecule has 21 heavy (non-hydrogen) atoms. The van der Waals surface area contributed by atoms with Crippen LogP contribution in [0.15, 0.2) is 42.1 Å². The minimum atomic E-state index is 0.345. The van der Waals surface area contributed by atoms with E-state index in [9.17, 15) is 0 Å². The lowest BCUT2D eigenvalue weighted by molar-refractivity contribution is 0.169. The molecule has 0 radical (unpaired) electrons. The molecule has 1 rings (SSSR count). The fourth-order valence-electron chi connectivity index (χ4n) is 2.43. The van der Waals surface area contributed by atoms with E-state index in [1.807, 2.05) is 0 Å². The van der Waals surface area contributed by atoms with Gasteiger partial charge in [0.15, 0.2) is 0 Å². The van der Waals surface area contributed by atoms with Crippen molar-refractivity contribution < 1.29 is 4.74 Å². The third-order valence-corrected chi connectivity index (χ3v) is 3.56. The summed E-state index contributed by atoms with van der Waals surface area (Å²) in [6, 6.07) is 11.0. The predicted octanol–water partition coefficient (Wildman–Crippen LogP) is 4.71. The number of allylic oxidation sites excluding steroid dienone is 2. The Kier molecular flexibility index (Phi) is 9.64. The third-order valence-electron chi connectivity index (χ3n) is 3.56. The number of nitrogens with one attached hydrogen (secondary N) is 1. The second-order valence-electron chi connectivity index (χ2n) is 5.61. The van der Waals surface area contributed by atoms with Gasteiger partial charge in [-0.2, -0.15) is 0 Å². The summed E-state index contributed by atoms with van der Waals surface area (Å²) in [7, 11) is 1.78. The van der Waals surface area contributed by atoms with E-state index in [1.54, 1.807) is 7.11 Å². The van der Waals surface area contributed by atoms with Crippen molar-refractivity contribution in [2.45, 2.75) is 58.4 Å². The van der Waals surface area contributed by atoms with Crippen LogP contribution in [0, 0.1) is 0 Å². The first kappa shape index (κ1) is 17.8. The fraction of sp³-hybridized carbons (Fsp3) is 0.579. The van der Waals surface area contributed by atoms with Gasteiger partial charge in [0.2, 0.25) is 0 Å². The first-order valence-electron chi connectivity index (χ1n) is 8.28. The second kappa shape index (κ2) is 11.4. The number of unbranched alkanes of at least 4 members (excludes halogenated alkanes) is 2. The summed E-state index contributed by atoms with van der Waals surface area (Å²) >= 11 is 0. The Morgan fingerprint density at radius 1 is 1.19 bits per heavy atom. The molecule has 0 aliphatic rings. The molecule has 0 heterocycles. The molecule has 1 aromatic rings. The zero-order valence-electron chi connectivity index (χ0n) is 13.9. The number of hydrogen-bond acceptors (Lipinski definition) is 2. The van der Waals surface area contributed by atoms with Crippen molar-refractivity contribution in [3.05, 3.63) is 47.7 Å². The van der Waals surface area contributed by atoms with E-state index in [0.29, 0.717) is 6.04 Å². The molecule has 0 aliphatic heterocycles. The van der Waals surface area contributed by atoms with Gasteiger partial charge in [0.1, 0.15) is 0 Å². The van der Waals surface area contributed by atoms with Gasteiger partial charge in [-0.25, -0.2) is 0 Å². The Balaban J connectivity index is 2.64. The van der Waals surface area contributed by atoms with Gasteiger partial charge in [0.05, 0.1) is 12.6 Å². The maximum atomic E-state index is 5.40. The van der Waals surface area contributed by atoms with Crippen LogP contribution >= 0.6 is 0 Å².